The standard InChI is InChI=1S/C21H17BrN4O2/c1-2-28-16-9-7-15(8-10-16)24-21-25-19-18(20(27)26-21)17(11-12-23-19)13-3-5-14(22)6-4-13/h3-12H,2H2,1H3,(H2,23,24,25,26,27). The van der Waals surface area contributed by atoms with Crippen molar-refractivity contribution in [2.75, 3.05) is 11.9 Å². The largest absolute Gasteiger partial charge is 0.494 e. The summed E-state index contributed by atoms with van der Waals surface area (Å²) in [6, 6.07) is 17.0. The fourth-order valence-corrected chi connectivity index (χ4v) is 3.19. The number of benzene rings is 2. The molecule has 2 aromatic carbocycles. The van der Waals surface area contributed by atoms with Crippen LogP contribution in [0.2, 0.25) is 0 Å². The van der Waals surface area contributed by atoms with Gasteiger partial charge in [0.2, 0.25) is 5.95 Å². The Morgan fingerprint density at radius 2 is 1.82 bits per heavy atom. The van der Waals surface area contributed by atoms with Gasteiger partial charge in [0, 0.05) is 16.4 Å². The number of aromatic nitrogens is 3. The maximum atomic E-state index is 12.8. The highest BCUT2D eigenvalue weighted by molar-refractivity contribution is 9.10. The van der Waals surface area contributed by atoms with Crippen LogP contribution in [0.1, 0.15) is 6.92 Å². The summed E-state index contributed by atoms with van der Waals surface area (Å²) in [6.07, 6.45) is 1.66. The van der Waals surface area contributed by atoms with Crippen molar-refractivity contribution in [2.24, 2.45) is 0 Å². The van der Waals surface area contributed by atoms with Gasteiger partial charge in [-0.25, -0.2) is 4.98 Å². The summed E-state index contributed by atoms with van der Waals surface area (Å²) in [6.45, 7) is 2.55. The molecule has 0 radical (unpaired) electrons. The molecular formula is C21H17BrN4O2. The summed E-state index contributed by atoms with van der Waals surface area (Å²) in [4.78, 5) is 24.3. The van der Waals surface area contributed by atoms with Gasteiger partial charge in [-0.1, -0.05) is 28.1 Å². The first kappa shape index (κ1) is 18.2. The third kappa shape index (κ3) is 3.75. The Hall–Kier alpha value is -3.19. The second-order valence-electron chi connectivity index (χ2n) is 6.06. The van der Waals surface area contributed by atoms with Gasteiger partial charge in [0.15, 0.2) is 5.65 Å². The van der Waals surface area contributed by atoms with Crippen molar-refractivity contribution < 1.29 is 4.74 Å². The van der Waals surface area contributed by atoms with Crippen LogP contribution in [0.15, 0.2) is 70.1 Å². The van der Waals surface area contributed by atoms with Gasteiger partial charge in [0.05, 0.1) is 12.0 Å². The van der Waals surface area contributed by atoms with Crippen LogP contribution >= 0.6 is 15.9 Å². The Labute approximate surface area is 169 Å². The Morgan fingerprint density at radius 3 is 2.54 bits per heavy atom. The van der Waals surface area contributed by atoms with Crippen LogP contribution in [0.3, 0.4) is 0 Å². The van der Waals surface area contributed by atoms with Crippen LogP contribution in [-0.2, 0) is 0 Å². The monoisotopic (exact) mass is 436 g/mol. The highest BCUT2D eigenvalue weighted by atomic mass is 79.9. The zero-order valence-corrected chi connectivity index (χ0v) is 16.7. The first-order valence-corrected chi connectivity index (χ1v) is 9.58. The van der Waals surface area contributed by atoms with E-state index in [2.05, 4.69) is 36.2 Å². The molecule has 0 aliphatic carbocycles. The molecule has 0 aliphatic rings. The van der Waals surface area contributed by atoms with Crippen molar-refractivity contribution in [3.63, 3.8) is 0 Å². The van der Waals surface area contributed by atoms with Crippen molar-refractivity contribution in [1.29, 1.82) is 0 Å². The number of anilines is 2. The number of nitrogens with zero attached hydrogens (tertiary/aromatic N) is 2. The zero-order chi connectivity index (χ0) is 19.5. The third-order valence-electron chi connectivity index (χ3n) is 4.19. The molecule has 0 atom stereocenters. The fraction of sp³-hybridized carbons (Fsp3) is 0.0952. The Bertz CT molecular complexity index is 1170. The summed E-state index contributed by atoms with van der Waals surface area (Å²) in [5.41, 5.74) is 2.64. The van der Waals surface area contributed by atoms with E-state index in [9.17, 15) is 4.79 Å². The van der Waals surface area contributed by atoms with Crippen LogP contribution in [0.5, 0.6) is 5.75 Å². The number of hydrogen-bond donors (Lipinski definition) is 2. The Morgan fingerprint density at radius 1 is 1.07 bits per heavy atom. The lowest BCUT2D eigenvalue weighted by Crippen LogP contribution is -2.13. The molecule has 0 saturated carbocycles. The van der Waals surface area contributed by atoms with Gasteiger partial charge in [-0.3, -0.25) is 9.78 Å². The predicted octanol–water partition coefficient (Wildman–Crippen LogP) is 4.89. The quantitative estimate of drug-likeness (QED) is 0.465. The molecule has 0 unspecified atom stereocenters. The maximum absolute atomic E-state index is 12.8. The number of hydrogen-bond acceptors (Lipinski definition) is 5. The number of fused-ring (bicyclic) bond motifs is 1. The molecule has 4 aromatic rings. The second-order valence-corrected chi connectivity index (χ2v) is 6.98. The number of aromatic amines is 1. The van der Waals surface area contributed by atoms with Crippen molar-refractivity contribution in [3.05, 3.63) is 75.6 Å². The first-order valence-electron chi connectivity index (χ1n) is 8.79. The molecule has 7 heteroatoms. The maximum Gasteiger partial charge on any atom is 0.262 e. The Balaban J connectivity index is 1.71. The summed E-state index contributed by atoms with van der Waals surface area (Å²) >= 11 is 3.43. The smallest absolute Gasteiger partial charge is 0.262 e. The molecule has 28 heavy (non-hydrogen) atoms. The molecule has 4 rings (SSSR count). The van der Waals surface area contributed by atoms with E-state index >= 15 is 0 Å². The Kier molecular flexibility index (Phi) is 5.08. The van der Waals surface area contributed by atoms with Gasteiger partial charge in [-0.05, 0) is 60.5 Å². The lowest BCUT2D eigenvalue weighted by atomic mass is 10.0. The minimum Gasteiger partial charge on any atom is -0.494 e. The van der Waals surface area contributed by atoms with E-state index in [4.69, 9.17) is 4.74 Å². The van der Waals surface area contributed by atoms with E-state index in [1.165, 1.54) is 0 Å². The third-order valence-corrected chi connectivity index (χ3v) is 4.72. The van der Waals surface area contributed by atoms with Crippen LogP contribution in [0.4, 0.5) is 11.6 Å². The number of H-pyrrole nitrogens is 1. The number of rotatable bonds is 5. The van der Waals surface area contributed by atoms with Crippen LogP contribution in [0, 0.1) is 0 Å². The molecular weight excluding hydrogens is 420 g/mol. The molecule has 2 aromatic heterocycles. The normalized spacial score (nSPS) is 10.8. The minimum absolute atomic E-state index is 0.246. The van der Waals surface area contributed by atoms with Crippen LogP contribution in [-0.4, -0.2) is 21.6 Å². The number of pyridine rings is 1. The van der Waals surface area contributed by atoms with Gasteiger partial charge in [-0.15, -0.1) is 0 Å². The number of ether oxygens (including phenoxy) is 1. The average Bonchev–Trinajstić information content (AvgIpc) is 2.70. The molecule has 6 nitrogen and oxygen atoms in total. The summed E-state index contributed by atoms with van der Waals surface area (Å²) < 4.78 is 6.41. The molecule has 2 heterocycles. The fourth-order valence-electron chi connectivity index (χ4n) is 2.93. The molecule has 140 valence electrons. The minimum atomic E-state index is -0.246. The molecule has 0 bridgehead atoms. The van der Waals surface area contributed by atoms with E-state index in [-0.39, 0.29) is 5.56 Å². The van der Waals surface area contributed by atoms with Gasteiger partial charge in [0.25, 0.3) is 5.56 Å². The van der Waals surface area contributed by atoms with Crippen LogP contribution < -0.4 is 15.6 Å². The first-order chi connectivity index (χ1) is 13.6. The highest BCUT2D eigenvalue weighted by Crippen LogP contribution is 2.26. The lowest BCUT2D eigenvalue weighted by Gasteiger charge is -2.09. The average molecular weight is 437 g/mol. The lowest BCUT2D eigenvalue weighted by molar-refractivity contribution is 0.340. The van der Waals surface area contributed by atoms with Crippen molar-refractivity contribution in [2.45, 2.75) is 6.92 Å². The molecule has 2 N–H and O–H groups in total. The highest BCUT2D eigenvalue weighted by Gasteiger charge is 2.11. The van der Waals surface area contributed by atoms with Gasteiger partial charge in [-0.2, -0.15) is 4.98 Å². The predicted molar refractivity (Wildman–Crippen MR) is 114 cm³/mol. The van der Waals surface area contributed by atoms with E-state index in [1.807, 2.05) is 61.5 Å². The molecule has 0 amide bonds. The SMILES string of the molecule is CCOc1ccc(Nc2nc3nccc(-c4ccc(Br)cc4)c3c(=O)[nH]2)cc1. The number of nitrogens with one attached hydrogen (secondary N) is 2. The summed E-state index contributed by atoms with van der Waals surface area (Å²) in [7, 11) is 0. The van der Waals surface area contributed by atoms with Crippen molar-refractivity contribution in [1.82, 2.24) is 15.0 Å². The molecule has 0 fully saturated rings. The second kappa shape index (κ2) is 7.82. The molecule has 0 saturated heterocycles. The molecule has 0 spiro atoms. The van der Waals surface area contributed by atoms with Gasteiger partial charge in [0.1, 0.15) is 5.75 Å². The van der Waals surface area contributed by atoms with Gasteiger partial charge >= 0.3 is 0 Å². The van der Waals surface area contributed by atoms with E-state index in [1.54, 1.807) is 6.20 Å². The topological polar surface area (TPSA) is 79.9 Å². The van der Waals surface area contributed by atoms with E-state index < -0.39 is 0 Å². The summed E-state index contributed by atoms with van der Waals surface area (Å²) in [5, 5.41) is 3.56. The van der Waals surface area contributed by atoms with E-state index in [0.29, 0.717) is 23.6 Å². The molecule has 0 aliphatic heterocycles. The van der Waals surface area contributed by atoms with Crippen LogP contribution in [0.25, 0.3) is 22.2 Å². The zero-order valence-electron chi connectivity index (χ0n) is 15.1. The van der Waals surface area contributed by atoms with Crippen molar-refractivity contribution in [3.8, 4) is 16.9 Å². The summed E-state index contributed by atoms with van der Waals surface area (Å²) in [5.74, 6) is 1.12. The number of halogens is 1. The van der Waals surface area contributed by atoms with Gasteiger partial charge < -0.3 is 10.1 Å². The van der Waals surface area contributed by atoms with Crippen molar-refractivity contribution >= 4 is 38.6 Å². The van der Waals surface area contributed by atoms with E-state index in [0.717, 1.165) is 27.0 Å².